The molecule has 0 radical (unpaired) electrons. The molecule has 0 saturated heterocycles. The number of thiocarbonyl (C=S) groups is 1. The molecule has 0 fully saturated rings. The number of sulfonamides is 1. The van der Waals surface area contributed by atoms with Gasteiger partial charge in [0.25, 0.3) is 0 Å². The highest BCUT2D eigenvalue weighted by molar-refractivity contribution is 7.89. The van der Waals surface area contributed by atoms with Gasteiger partial charge >= 0.3 is 0 Å². The number of benzene rings is 1. The summed E-state index contributed by atoms with van der Waals surface area (Å²) >= 11 is 4.86. The van der Waals surface area contributed by atoms with Crippen molar-refractivity contribution in [1.82, 2.24) is 4.31 Å². The summed E-state index contributed by atoms with van der Waals surface area (Å²) in [5.74, 6) is 0.571. The maximum atomic E-state index is 12.4. The maximum absolute atomic E-state index is 12.4. The van der Waals surface area contributed by atoms with Crippen LogP contribution in [-0.2, 0) is 16.6 Å². The van der Waals surface area contributed by atoms with Crippen LogP contribution in [0.25, 0.3) is 0 Å². The molecule has 20 heavy (non-hydrogen) atoms. The second-order valence-corrected chi connectivity index (χ2v) is 6.72. The van der Waals surface area contributed by atoms with Crippen LogP contribution in [-0.4, -0.2) is 24.8 Å². The molecule has 2 rings (SSSR count). The SMILES string of the molecule is CN(Cc1ccco1)S(=O)(=O)c1cccc(C(N)=S)c1. The van der Waals surface area contributed by atoms with Gasteiger partial charge in [-0.2, -0.15) is 4.31 Å². The molecule has 2 N–H and O–H groups in total. The minimum atomic E-state index is -3.61. The number of furan rings is 1. The van der Waals surface area contributed by atoms with Gasteiger partial charge in [-0.05, 0) is 24.3 Å². The van der Waals surface area contributed by atoms with Crippen molar-refractivity contribution in [3.05, 3.63) is 54.0 Å². The van der Waals surface area contributed by atoms with Crippen molar-refractivity contribution >= 4 is 27.2 Å². The third-order valence-corrected chi connectivity index (χ3v) is 4.82. The first kappa shape index (κ1) is 14.7. The van der Waals surface area contributed by atoms with Crippen LogP contribution in [0.2, 0.25) is 0 Å². The highest BCUT2D eigenvalue weighted by atomic mass is 32.2. The van der Waals surface area contributed by atoms with Crippen LogP contribution in [0.1, 0.15) is 11.3 Å². The summed E-state index contributed by atoms with van der Waals surface area (Å²) in [5, 5.41) is 0. The maximum Gasteiger partial charge on any atom is 0.243 e. The highest BCUT2D eigenvalue weighted by Crippen LogP contribution is 2.18. The molecule has 0 saturated carbocycles. The van der Waals surface area contributed by atoms with Crippen LogP contribution < -0.4 is 5.73 Å². The summed E-state index contributed by atoms with van der Waals surface area (Å²) < 4.78 is 31.2. The van der Waals surface area contributed by atoms with Crippen LogP contribution in [0, 0.1) is 0 Å². The lowest BCUT2D eigenvalue weighted by atomic mass is 10.2. The molecule has 0 aliphatic heterocycles. The predicted molar refractivity (Wildman–Crippen MR) is 79.7 cm³/mol. The molecule has 1 aromatic carbocycles. The van der Waals surface area contributed by atoms with Gasteiger partial charge in [0.15, 0.2) is 0 Å². The van der Waals surface area contributed by atoms with Crippen molar-refractivity contribution in [2.24, 2.45) is 5.73 Å². The molecule has 0 atom stereocenters. The topological polar surface area (TPSA) is 76.5 Å². The van der Waals surface area contributed by atoms with Crippen LogP contribution in [0.4, 0.5) is 0 Å². The Kier molecular flexibility index (Phi) is 4.22. The quantitative estimate of drug-likeness (QED) is 0.851. The van der Waals surface area contributed by atoms with Crippen molar-refractivity contribution < 1.29 is 12.8 Å². The largest absolute Gasteiger partial charge is 0.468 e. The summed E-state index contributed by atoms with van der Waals surface area (Å²) in [6, 6.07) is 9.70. The Morgan fingerprint density at radius 2 is 2.10 bits per heavy atom. The van der Waals surface area contributed by atoms with E-state index in [1.165, 1.54) is 29.7 Å². The average Bonchev–Trinajstić information content (AvgIpc) is 2.91. The van der Waals surface area contributed by atoms with Crippen LogP contribution in [0.5, 0.6) is 0 Å². The number of hydrogen-bond donors (Lipinski definition) is 1. The summed E-state index contributed by atoms with van der Waals surface area (Å²) in [4.78, 5) is 0.313. The minimum absolute atomic E-state index is 0.150. The van der Waals surface area contributed by atoms with Gasteiger partial charge in [0.05, 0.1) is 17.7 Å². The molecule has 0 unspecified atom stereocenters. The van der Waals surface area contributed by atoms with E-state index in [1.54, 1.807) is 24.3 Å². The second-order valence-electron chi connectivity index (χ2n) is 4.23. The Hall–Kier alpha value is -1.70. The molecule has 0 aliphatic rings. The lowest BCUT2D eigenvalue weighted by molar-refractivity contribution is 0.406. The lowest BCUT2D eigenvalue weighted by Crippen LogP contribution is -2.26. The van der Waals surface area contributed by atoms with Crippen LogP contribution in [0.3, 0.4) is 0 Å². The fourth-order valence-corrected chi connectivity index (χ4v) is 3.01. The molecule has 0 spiro atoms. The van der Waals surface area contributed by atoms with E-state index in [2.05, 4.69) is 0 Å². The predicted octanol–water partition coefficient (Wildman–Crippen LogP) is 1.73. The van der Waals surface area contributed by atoms with Crippen molar-refractivity contribution in [1.29, 1.82) is 0 Å². The van der Waals surface area contributed by atoms with Gasteiger partial charge in [-0.25, -0.2) is 8.42 Å². The molecule has 2 aromatic rings. The zero-order chi connectivity index (χ0) is 14.8. The molecule has 5 nitrogen and oxygen atoms in total. The Balaban J connectivity index is 2.29. The van der Waals surface area contributed by atoms with Gasteiger partial charge in [-0.1, -0.05) is 24.4 Å². The normalized spacial score (nSPS) is 11.7. The van der Waals surface area contributed by atoms with E-state index >= 15 is 0 Å². The summed E-state index contributed by atoms with van der Waals surface area (Å²) in [6.07, 6.45) is 1.50. The third-order valence-electron chi connectivity index (χ3n) is 2.79. The van der Waals surface area contributed by atoms with E-state index < -0.39 is 10.0 Å². The van der Waals surface area contributed by atoms with Gasteiger partial charge in [-0.3, -0.25) is 0 Å². The van der Waals surface area contributed by atoms with Crippen molar-refractivity contribution in [2.45, 2.75) is 11.4 Å². The van der Waals surface area contributed by atoms with E-state index in [4.69, 9.17) is 22.4 Å². The van der Waals surface area contributed by atoms with Gasteiger partial charge < -0.3 is 10.2 Å². The molecule has 0 bridgehead atoms. The molecule has 7 heteroatoms. The molecular formula is C13H14N2O3S2. The Morgan fingerprint density at radius 1 is 1.35 bits per heavy atom. The smallest absolute Gasteiger partial charge is 0.243 e. The first-order valence-corrected chi connectivity index (χ1v) is 7.64. The van der Waals surface area contributed by atoms with Crippen molar-refractivity contribution in [3.8, 4) is 0 Å². The molecule has 0 amide bonds. The van der Waals surface area contributed by atoms with E-state index in [0.29, 0.717) is 11.3 Å². The van der Waals surface area contributed by atoms with E-state index in [1.807, 2.05) is 0 Å². The van der Waals surface area contributed by atoms with Gasteiger partial charge in [0.2, 0.25) is 10.0 Å². The first-order valence-electron chi connectivity index (χ1n) is 5.80. The average molecular weight is 310 g/mol. The molecule has 106 valence electrons. The summed E-state index contributed by atoms with van der Waals surface area (Å²) in [5.41, 5.74) is 6.04. The third kappa shape index (κ3) is 3.06. The van der Waals surface area contributed by atoms with E-state index in [9.17, 15) is 8.42 Å². The van der Waals surface area contributed by atoms with Gasteiger partial charge in [0, 0.05) is 12.6 Å². The van der Waals surface area contributed by atoms with Crippen molar-refractivity contribution in [2.75, 3.05) is 7.05 Å². The number of rotatable bonds is 5. The van der Waals surface area contributed by atoms with Crippen LogP contribution >= 0.6 is 12.2 Å². The van der Waals surface area contributed by atoms with Crippen LogP contribution in [0.15, 0.2) is 52.0 Å². The van der Waals surface area contributed by atoms with Gasteiger partial charge in [-0.15, -0.1) is 0 Å². The standard InChI is InChI=1S/C13H14N2O3S2/c1-15(9-11-5-3-7-18-11)20(16,17)12-6-2-4-10(8-12)13(14)19/h2-8H,9H2,1H3,(H2,14,19). The van der Waals surface area contributed by atoms with Gasteiger partial charge in [0.1, 0.15) is 10.7 Å². The highest BCUT2D eigenvalue weighted by Gasteiger charge is 2.22. The molecular weight excluding hydrogens is 296 g/mol. The van der Waals surface area contributed by atoms with E-state index in [0.717, 1.165) is 0 Å². The summed E-state index contributed by atoms with van der Waals surface area (Å²) in [7, 11) is -2.12. The summed E-state index contributed by atoms with van der Waals surface area (Å²) in [6.45, 7) is 0.159. The first-order chi connectivity index (χ1) is 9.41. The lowest BCUT2D eigenvalue weighted by Gasteiger charge is -2.16. The fourth-order valence-electron chi connectivity index (χ4n) is 1.70. The molecule has 1 aromatic heterocycles. The second kappa shape index (κ2) is 5.74. The Labute approximate surface area is 123 Å². The monoisotopic (exact) mass is 310 g/mol. The number of nitrogens with two attached hydrogens (primary N) is 1. The fraction of sp³-hybridized carbons (Fsp3) is 0.154. The van der Waals surface area contributed by atoms with Crippen molar-refractivity contribution in [3.63, 3.8) is 0 Å². The zero-order valence-corrected chi connectivity index (χ0v) is 12.4. The Morgan fingerprint density at radius 3 is 2.70 bits per heavy atom. The molecule has 1 heterocycles. The number of hydrogen-bond acceptors (Lipinski definition) is 4. The molecule has 0 aliphatic carbocycles. The minimum Gasteiger partial charge on any atom is -0.468 e. The van der Waals surface area contributed by atoms with E-state index in [-0.39, 0.29) is 16.4 Å². The Bertz CT molecular complexity index is 709. The zero-order valence-electron chi connectivity index (χ0n) is 10.8. The number of nitrogens with zero attached hydrogens (tertiary/aromatic N) is 1.